The SMILES string of the molecule is CCc1ccc(C(=O)NC(C)C(C)CCl)s1. The zero-order valence-corrected chi connectivity index (χ0v) is 11.5. The summed E-state index contributed by atoms with van der Waals surface area (Å²) in [5.41, 5.74) is 0. The average molecular weight is 260 g/mol. The molecule has 1 rings (SSSR count). The first kappa shape index (κ1) is 13.5. The summed E-state index contributed by atoms with van der Waals surface area (Å²) in [6.45, 7) is 6.11. The van der Waals surface area contributed by atoms with Gasteiger partial charge in [-0.1, -0.05) is 13.8 Å². The first-order valence-electron chi connectivity index (χ1n) is 5.54. The van der Waals surface area contributed by atoms with Gasteiger partial charge in [0.1, 0.15) is 0 Å². The van der Waals surface area contributed by atoms with E-state index in [1.807, 2.05) is 26.0 Å². The van der Waals surface area contributed by atoms with Crippen LogP contribution in [0.4, 0.5) is 0 Å². The quantitative estimate of drug-likeness (QED) is 0.808. The molecule has 1 aromatic rings. The molecule has 0 aliphatic carbocycles. The molecule has 16 heavy (non-hydrogen) atoms. The highest BCUT2D eigenvalue weighted by Gasteiger charge is 2.16. The molecular weight excluding hydrogens is 242 g/mol. The van der Waals surface area contributed by atoms with Crippen LogP contribution in [0.3, 0.4) is 0 Å². The number of amides is 1. The van der Waals surface area contributed by atoms with Crippen molar-refractivity contribution >= 4 is 28.8 Å². The molecule has 2 atom stereocenters. The van der Waals surface area contributed by atoms with Crippen LogP contribution in [0.1, 0.15) is 35.3 Å². The Kier molecular flexibility index (Phi) is 5.29. The summed E-state index contributed by atoms with van der Waals surface area (Å²) in [6, 6.07) is 4.00. The van der Waals surface area contributed by atoms with E-state index in [0.717, 1.165) is 11.3 Å². The normalized spacial score (nSPS) is 14.5. The predicted octanol–water partition coefficient (Wildman–Crippen LogP) is 3.30. The highest BCUT2D eigenvalue weighted by atomic mass is 35.5. The number of aryl methyl sites for hydroxylation is 1. The zero-order valence-electron chi connectivity index (χ0n) is 9.92. The molecule has 1 amide bonds. The Bertz CT molecular complexity index is 351. The summed E-state index contributed by atoms with van der Waals surface area (Å²) in [4.78, 5) is 13.9. The van der Waals surface area contributed by atoms with E-state index in [9.17, 15) is 4.79 Å². The van der Waals surface area contributed by atoms with Crippen LogP contribution in [0, 0.1) is 5.92 Å². The van der Waals surface area contributed by atoms with Crippen LogP contribution in [0.25, 0.3) is 0 Å². The zero-order chi connectivity index (χ0) is 12.1. The molecule has 1 N–H and O–H groups in total. The van der Waals surface area contributed by atoms with Gasteiger partial charge in [-0.3, -0.25) is 4.79 Å². The van der Waals surface area contributed by atoms with Crippen LogP contribution in [0.5, 0.6) is 0 Å². The molecule has 2 unspecified atom stereocenters. The molecule has 0 saturated carbocycles. The standard InChI is InChI=1S/C12H18ClNOS/c1-4-10-5-6-11(16-10)12(15)14-9(3)8(2)7-13/h5-6,8-9H,4,7H2,1-3H3,(H,14,15). The molecule has 0 radical (unpaired) electrons. The predicted molar refractivity (Wildman–Crippen MR) is 70.5 cm³/mol. The van der Waals surface area contributed by atoms with Crippen LogP contribution >= 0.6 is 22.9 Å². The van der Waals surface area contributed by atoms with E-state index in [1.165, 1.54) is 4.88 Å². The number of carbonyl (C=O) groups excluding carboxylic acids is 1. The van der Waals surface area contributed by atoms with Crippen molar-refractivity contribution in [2.45, 2.75) is 33.2 Å². The lowest BCUT2D eigenvalue weighted by atomic mass is 10.1. The van der Waals surface area contributed by atoms with Gasteiger partial charge in [-0.05, 0) is 31.4 Å². The molecule has 1 aromatic heterocycles. The first-order chi connectivity index (χ1) is 7.58. The van der Waals surface area contributed by atoms with Crippen molar-refractivity contribution in [3.8, 4) is 0 Å². The summed E-state index contributed by atoms with van der Waals surface area (Å²) in [5.74, 6) is 0.858. The largest absolute Gasteiger partial charge is 0.349 e. The van der Waals surface area contributed by atoms with E-state index in [-0.39, 0.29) is 17.9 Å². The van der Waals surface area contributed by atoms with E-state index < -0.39 is 0 Å². The molecule has 0 aliphatic heterocycles. The Labute approximate surface area is 106 Å². The minimum Gasteiger partial charge on any atom is -0.349 e. The number of thiophene rings is 1. The maximum Gasteiger partial charge on any atom is 0.261 e. The van der Waals surface area contributed by atoms with E-state index in [0.29, 0.717) is 5.88 Å². The second-order valence-corrected chi connectivity index (χ2v) is 5.49. The summed E-state index contributed by atoms with van der Waals surface area (Å²) in [7, 11) is 0. The Morgan fingerprint density at radius 3 is 2.69 bits per heavy atom. The van der Waals surface area contributed by atoms with Gasteiger partial charge in [0, 0.05) is 16.8 Å². The minimum absolute atomic E-state index is 0.00849. The number of halogens is 1. The molecule has 0 spiro atoms. The van der Waals surface area contributed by atoms with Crippen molar-refractivity contribution in [1.29, 1.82) is 0 Å². The molecule has 90 valence electrons. The number of hydrogen-bond acceptors (Lipinski definition) is 2. The fourth-order valence-electron chi connectivity index (χ4n) is 1.24. The van der Waals surface area contributed by atoms with Crippen LogP contribution in [0.15, 0.2) is 12.1 Å². The first-order valence-corrected chi connectivity index (χ1v) is 6.89. The molecule has 0 aromatic carbocycles. The molecule has 0 saturated heterocycles. The molecule has 0 bridgehead atoms. The lowest BCUT2D eigenvalue weighted by molar-refractivity contribution is 0.0935. The summed E-state index contributed by atoms with van der Waals surface area (Å²) in [5, 5.41) is 2.97. The van der Waals surface area contributed by atoms with Gasteiger partial charge in [-0.2, -0.15) is 0 Å². The molecule has 0 aliphatic rings. The number of rotatable bonds is 5. The minimum atomic E-state index is 0.00849. The van der Waals surface area contributed by atoms with Gasteiger partial charge in [0.05, 0.1) is 4.88 Å². The number of alkyl halides is 1. The fraction of sp³-hybridized carbons (Fsp3) is 0.583. The van der Waals surface area contributed by atoms with Crippen molar-refractivity contribution < 1.29 is 4.79 Å². The Hall–Kier alpha value is -0.540. The van der Waals surface area contributed by atoms with Gasteiger partial charge < -0.3 is 5.32 Å². The lowest BCUT2D eigenvalue weighted by Gasteiger charge is -2.18. The van der Waals surface area contributed by atoms with Gasteiger partial charge in [-0.25, -0.2) is 0 Å². The molecule has 2 nitrogen and oxygen atoms in total. The van der Waals surface area contributed by atoms with Crippen LogP contribution in [0.2, 0.25) is 0 Å². The second-order valence-electron chi connectivity index (χ2n) is 4.01. The van der Waals surface area contributed by atoms with Crippen LogP contribution in [-0.4, -0.2) is 17.8 Å². The third kappa shape index (κ3) is 3.49. The van der Waals surface area contributed by atoms with Crippen LogP contribution in [-0.2, 0) is 6.42 Å². The lowest BCUT2D eigenvalue weighted by Crippen LogP contribution is -2.37. The number of carbonyl (C=O) groups is 1. The molecular formula is C12H18ClNOS. The van der Waals surface area contributed by atoms with Gasteiger partial charge >= 0.3 is 0 Å². The van der Waals surface area contributed by atoms with E-state index in [2.05, 4.69) is 12.2 Å². The summed E-state index contributed by atoms with van der Waals surface area (Å²) < 4.78 is 0. The number of hydrogen-bond donors (Lipinski definition) is 1. The maximum absolute atomic E-state index is 11.9. The van der Waals surface area contributed by atoms with Crippen molar-refractivity contribution in [3.63, 3.8) is 0 Å². The summed E-state index contributed by atoms with van der Waals surface area (Å²) >= 11 is 7.31. The van der Waals surface area contributed by atoms with Crippen molar-refractivity contribution in [3.05, 3.63) is 21.9 Å². The topological polar surface area (TPSA) is 29.1 Å². The highest BCUT2D eigenvalue weighted by molar-refractivity contribution is 7.14. The highest BCUT2D eigenvalue weighted by Crippen LogP contribution is 2.17. The van der Waals surface area contributed by atoms with Crippen molar-refractivity contribution in [1.82, 2.24) is 5.32 Å². The van der Waals surface area contributed by atoms with Crippen LogP contribution < -0.4 is 5.32 Å². The van der Waals surface area contributed by atoms with Gasteiger partial charge in [0.2, 0.25) is 0 Å². The van der Waals surface area contributed by atoms with Gasteiger partial charge in [0.25, 0.3) is 5.91 Å². The van der Waals surface area contributed by atoms with Crippen molar-refractivity contribution in [2.75, 3.05) is 5.88 Å². The Balaban J connectivity index is 2.58. The third-order valence-electron chi connectivity index (χ3n) is 2.69. The molecule has 4 heteroatoms. The van der Waals surface area contributed by atoms with E-state index in [1.54, 1.807) is 11.3 Å². The van der Waals surface area contributed by atoms with Gasteiger partial charge in [-0.15, -0.1) is 22.9 Å². The second kappa shape index (κ2) is 6.26. The molecule has 0 fully saturated rings. The Morgan fingerprint density at radius 1 is 1.50 bits per heavy atom. The van der Waals surface area contributed by atoms with E-state index in [4.69, 9.17) is 11.6 Å². The third-order valence-corrected chi connectivity index (χ3v) is 4.40. The van der Waals surface area contributed by atoms with E-state index >= 15 is 0 Å². The smallest absolute Gasteiger partial charge is 0.261 e. The maximum atomic E-state index is 11.9. The fourth-order valence-corrected chi connectivity index (χ4v) is 2.36. The van der Waals surface area contributed by atoms with Gasteiger partial charge in [0.15, 0.2) is 0 Å². The molecule has 1 heterocycles. The van der Waals surface area contributed by atoms with Crippen molar-refractivity contribution in [2.24, 2.45) is 5.92 Å². The Morgan fingerprint density at radius 2 is 2.19 bits per heavy atom. The number of nitrogens with one attached hydrogen (secondary N) is 1. The monoisotopic (exact) mass is 259 g/mol. The summed E-state index contributed by atoms with van der Waals surface area (Å²) in [6.07, 6.45) is 0.978. The average Bonchev–Trinajstić information content (AvgIpc) is 2.76.